The SMILES string of the molecule is CCC1OC(=O)C(C)C(OC2CC(C)(OC)C(O[Si](C)(C)C)C(C)O2)C(C)C(OC2OC(C)CC(N(C)C)C2O[Si](C)(C)C)C(C)(O)CC(C)C(=NOC(C)(C)OC)C(C)C(O)C1(C)O. The molecule has 382 valence electrons. The molecule has 0 aromatic heterocycles. The predicted octanol–water partition coefficient (Wildman–Crippen LogP) is 6.69. The first kappa shape index (κ1) is 58.2. The van der Waals surface area contributed by atoms with Crippen molar-refractivity contribution in [2.45, 2.75) is 238 Å². The summed E-state index contributed by atoms with van der Waals surface area (Å²) in [6, 6.07) is -0.0783. The van der Waals surface area contributed by atoms with Gasteiger partial charge in [-0.05, 0) is 114 Å². The third-order valence-corrected chi connectivity index (χ3v) is 15.6. The highest BCUT2D eigenvalue weighted by Crippen LogP contribution is 2.42. The van der Waals surface area contributed by atoms with Gasteiger partial charge in [-0.25, -0.2) is 0 Å². The molecule has 18 atom stereocenters. The minimum atomic E-state index is -2.22. The van der Waals surface area contributed by atoms with Crippen molar-refractivity contribution in [2.75, 3.05) is 28.3 Å². The van der Waals surface area contributed by atoms with Gasteiger partial charge in [-0.3, -0.25) is 4.79 Å². The number of aliphatic hydroxyl groups is 3. The first-order chi connectivity index (χ1) is 29.5. The molecular formula is C47H92N2O14Si2. The molecule has 65 heavy (non-hydrogen) atoms. The maximum Gasteiger partial charge on any atom is 0.311 e. The third kappa shape index (κ3) is 15.0. The molecule has 3 aliphatic rings. The summed E-state index contributed by atoms with van der Waals surface area (Å²) in [5, 5.41) is 42.0. The standard InChI is InChI=1S/C47H92N2O14Si2/c1-23-34-47(12,53)39(50)29(4)36(48-63-44(8,9)54-15)27(2)25-45(10,52)40(60-43-38(61-64(17,18)19)33(49(13)14)24-28(3)56-43)30(5)37(31(6)42(51)58-34)59-35-26-46(11,55-16)41(32(7)57-35)62-65(20,21)22/h27-35,37-41,43,50,52-53H,23-26H2,1-22H3. The molecule has 0 amide bonds. The molecule has 0 radical (unpaired) electrons. The first-order valence-electron chi connectivity index (χ1n) is 23.9. The summed E-state index contributed by atoms with van der Waals surface area (Å²) in [5.41, 5.74) is -4.12. The number of carbonyl (C=O) groups excluding carboxylic acids is 1. The summed E-state index contributed by atoms with van der Waals surface area (Å²) in [4.78, 5) is 22.8. The minimum Gasteiger partial charge on any atom is -0.459 e. The van der Waals surface area contributed by atoms with Gasteiger partial charge in [-0.15, -0.1) is 0 Å². The molecule has 0 spiro atoms. The summed E-state index contributed by atoms with van der Waals surface area (Å²) >= 11 is 0. The van der Waals surface area contributed by atoms with Crippen LogP contribution in [0.25, 0.3) is 0 Å². The lowest BCUT2D eigenvalue weighted by molar-refractivity contribution is -0.315. The van der Waals surface area contributed by atoms with E-state index >= 15 is 0 Å². The molecule has 16 nitrogen and oxygen atoms in total. The van der Waals surface area contributed by atoms with Crippen LogP contribution in [0, 0.1) is 23.7 Å². The van der Waals surface area contributed by atoms with Crippen LogP contribution in [0.4, 0.5) is 0 Å². The van der Waals surface area contributed by atoms with Gasteiger partial charge in [0, 0.05) is 58.3 Å². The Bertz CT molecular complexity index is 1550. The molecule has 3 rings (SSSR count). The summed E-state index contributed by atoms with van der Waals surface area (Å²) in [7, 11) is 2.90. The number of methoxy groups -OCH3 is 2. The third-order valence-electron chi connectivity index (χ3n) is 13.6. The normalized spacial score (nSPS) is 43.0. The molecule has 0 aromatic carbocycles. The lowest BCUT2D eigenvalue weighted by Crippen LogP contribution is -2.62. The van der Waals surface area contributed by atoms with E-state index < -0.39 is 124 Å². The van der Waals surface area contributed by atoms with Crippen molar-refractivity contribution in [1.29, 1.82) is 0 Å². The summed E-state index contributed by atoms with van der Waals surface area (Å²) < 4.78 is 59.1. The predicted molar refractivity (Wildman–Crippen MR) is 255 cm³/mol. The zero-order chi connectivity index (χ0) is 50.0. The van der Waals surface area contributed by atoms with Gasteiger partial charge in [-0.2, -0.15) is 0 Å². The number of likely N-dealkylation sites (N-methyl/N-ethyl adjacent to an activating group) is 1. The largest absolute Gasteiger partial charge is 0.459 e. The number of cyclic esters (lactones) is 1. The average Bonchev–Trinajstić information content (AvgIpc) is 3.17. The highest BCUT2D eigenvalue weighted by Gasteiger charge is 2.55. The van der Waals surface area contributed by atoms with Gasteiger partial charge in [-0.1, -0.05) is 32.9 Å². The molecule has 0 bridgehead atoms. The van der Waals surface area contributed by atoms with Crippen LogP contribution >= 0.6 is 0 Å². The second-order valence-electron chi connectivity index (χ2n) is 22.7. The first-order valence-corrected chi connectivity index (χ1v) is 30.7. The van der Waals surface area contributed by atoms with E-state index in [4.69, 9.17) is 46.8 Å². The zero-order valence-corrected chi connectivity index (χ0v) is 46.2. The Balaban J connectivity index is 2.35. The molecule has 3 N–H and O–H groups in total. The quantitative estimate of drug-likeness (QED) is 0.0724. The van der Waals surface area contributed by atoms with Crippen molar-refractivity contribution in [3.05, 3.63) is 0 Å². The Hall–Kier alpha value is -1.11. The smallest absolute Gasteiger partial charge is 0.311 e. The monoisotopic (exact) mass is 965 g/mol. The van der Waals surface area contributed by atoms with Crippen LogP contribution in [-0.4, -0.2) is 167 Å². The molecule has 0 aliphatic carbocycles. The van der Waals surface area contributed by atoms with E-state index in [1.165, 1.54) is 14.0 Å². The average molecular weight is 965 g/mol. The Morgan fingerprint density at radius 1 is 0.846 bits per heavy atom. The van der Waals surface area contributed by atoms with E-state index in [9.17, 15) is 20.1 Å². The molecule has 18 unspecified atom stereocenters. The zero-order valence-electron chi connectivity index (χ0n) is 44.2. The van der Waals surface area contributed by atoms with Gasteiger partial charge in [0.15, 0.2) is 29.2 Å². The number of carbonyl (C=O) groups is 1. The summed E-state index contributed by atoms with van der Waals surface area (Å²) in [6.07, 6.45) is -6.97. The minimum absolute atomic E-state index is 0.0346. The van der Waals surface area contributed by atoms with E-state index in [1.807, 2.05) is 48.7 Å². The molecule has 0 aromatic rings. The van der Waals surface area contributed by atoms with Crippen LogP contribution in [0.3, 0.4) is 0 Å². The number of hydrogen-bond acceptors (Lipinski definition) is 16. The highest BCUT2D eigenvalue weighted by atomic mass is 28.4. The maximum absolute atomic E-state index is 14.7. The number of ether oxygens (including phenoxy) is 7. The number of esters is 1. The molecule has 3 heterocycles. The van der Waals surface area contributed by atoms with Crippen LogP contribution in [0.5, 0.6) is 0 Å². The van der Waals surface area contributed by atoms with Gasteiger partial charge in [0.1, 0.15) is 17.8 Å². The number of nitrogens with zero attached hydrogens (tertiary/aromatic N) is 2. The van der Waals surface area contributed by atoms with Crippen LogP contribution in [-0.2, 0) is 51.6 Å². The van der Waals surface area contributed by atoms with E-state index in [1.54, 1.807) is 48.7 Å². The number of oxime groups is 1. The van der Waals surface area contributed by atoms with Crippen LogP contribution in [0.1, 0.15) is 109 Å². The van der Waals surface area contributed by atoms with Gasteiger partial charge in [0.2, 0.25) is 5.79 Å². The number of aliphatic hydroxyl groups excluding tert-OH is 1. The fourth-order valence-electron chi connectivity index (χ4n) is 9.90. The van der Waals surface area contributed by atoms with E-state index in [-0.39, 0.29) is 31.4 Å². The van der Waals surface area contributed by atoms with Crippen LogP contribution < -0.4 is 0 Å². The van der Waals surface area contributed by atoms with E-state index in [0.717, 1.165) is 0 Å². The lowest BCUT2D eigenvalue weighted by atomic mass is 9.73. The van der Waals surface area contributed by atoms with E-state index in [0.29, 0.717) is 12.1 Å². The van der Waals surface area contributed by atoms with Gasteiger partial charge in [0.05, 0.1) is 59.5 Å². The Morgan fingerprint density at radius 2 is 1.43 bits per heavy atom. The van der Waals surface area contributed by atoms with E-state index in [2.05, 4.69) is 49.3 Å². The van der Waals surface area contributed by atoms with Crippen molar-refractivity contribution in [2.24, 2.45) is 28.8 Å². The molecule has 3 fully saturated rings. The number of rotatable bonds is 14. The Kier molecular flexibility index (Phi) is 20.0. The highest BCUT2D eigenvalue weighted by molar-refractivity contribution is 6.70. The van der Waals surface area contributed by atoms with Crippen molar-refractivity contribution in [3.8, 4) is 0 Å². The van der Waals surface area contributed by atoms with Gasteiger partial charge in [0.25, 0.3) is 0 Å². The second-order valence-corrected chi connectivity index (χ2v) is 31.6. The van der Waals surface area contributed by atoms with Crippen LogP contribution in [0.15, 0.2) is 5.16 Å². The molecular weight excluding hydrogens is 873 g/mol. The molecule has 3 aliphatic heterocycles. The second kappa shape index (κ2) is 22.3. The van der Waals surface area contributed by atoms with Gasteiger partial charge >= 0.3 is 5.97 Å². The van der Waals surface area contributed by atoms with Gasteiger partial charge < -0.3 is 67.1 Å². The fourth-order valence-corrected chi connectivity index (χ4v) is 12.2. The molecule has 0 saturated carbocycles. The van der Waals surface area contributed by atoms with Crippen molar-refractivity contribution >= 4 is 28.3 Å². The summed E-state index contributed by atoms with van der Waals surface area (Å²) in [6.45, 7) is 34.2. The maximum atomic E-state index is 14.7. The topological polar surface area (TPSA) is 186 Å². The number of hydrogen-bond donors (Lipinski definition) is 3. The fraction of sp³-hybridized carbons (Fsp3) is 0.957. The summed E-state index contributed by atoms with van der Waals surface area (Å²) in [5.74, 6) is -5.02. The van der Waals surface area contributed by atoms with Crippen LogP contribution in [0.2, 0.25) is 39.3 Å². The van der Waals surface area contributed by atoms with Crippen molar-refractivity contribution < 1.29 is 67.0 Å². The Labute approximate surface area is 394 Å². The Morgan fingerprint density at radius 3 is 1.94 bits per heavy atom. The molecule has 18 heteroatoms. The van der Waals surface area contributed by atoms with Crippen molar-refractivity contribution in [3.63, 3.8) is 0 Å². The van der Waals surface area contributed by atoms with Crippen molar-refractivity contribution in [1.82, 2.24) is 4.90 Å². The lowest BCUT2D eigenvalue weighted by Gasteiger charge is -2.51. The molecule has 3 saturated heterocycles.